The van der Waals surface area contributed by atoms with E-state index in [4.69, 9.17) is 49.3 Å². The van der Waals surface area contributed by atoms with Crippen LogP contribution in [-0.4, -0.2) is 248 Å². The van der Waals surface area contributed by atoms with E-state index in [9.17, 15) is 86.7 Å². The highest BCUT2D eigenvalue weighted by Crippen LogP contribution is 2.66. The number of carbonyl (C=O) groups excluding carboxylic acids is 6. The van der Waals surface area contributed by atoms with Gasteiger partial charge in [0.1, 0.15) is 36.3 Å². The second-order valence-corrected chi connectivity index (χ2v) is 33.9. The molecule has 15 N–H and O–H groups in total. The molecule has 7 unspecified atom stereocenters. The van der Waals surface area contributed by atoms with Crippen molar-refractivity contribution in [3.8, 4) is 11.8 Å². The Morgan fingerprint density at radius 2 is 1.41 bits per heavy atom. The van der Waals surface area contributed by atoms with Crippen LogP contribution in [0.15, 0.2) is 75.7 Å². The standard InChI is InChI=1S/C72H101N10O29P3S2/c1-6-13-46-36-48-37-49-38-55(74-7-2)45(4)35-53(49)66(52(48)34-44(46)3)50-15-8-9-16-51(50)70(93)81(5)23-11-18-60(84)76-22-25-105-27-29-107-31-30-106-28-26-104-24-19-62(86)77-54(68(91)78-56(39-64(87)88)69(92)79-57(71(94)95)40-65(89)90)17-12-32-115-116-33-20-61(85)75-21-10-14-47-42-82(72(96)80-67(47)73)63-41-58(83)59(109-63)43-108-113(100,101)111-114(102,103)110-112(97,98)99/h8-9,15-16,34-36,38,42,53-54,56-59,63,66,83H,6-7,11-13,17-33,37,39-41,43H2,1-5H3,(H,75,85)(H,76,84)(H,77,86)(H,78,91)(H,79,92)(H,87,88)(H,89,90)(H,94,95)(H,100,101)(H,102,103)(H2,73,80,96)(H2,97,98,99)/b74-55+/t53?,54?,56?,57?,58-,59-,63-,66?/m1/s1. The number of nitrogens with one attached hydrogen (secondary N) is 5. The number of carboxylic acid groups (broad SMARTS) is 3. The van der Waals surface area contributed by atoms with Gasteiger partial charge in [-0.3, -0.25) is 52.4 Å². The number of nitrogen functional groups attached to an aromatic ring is 1. The number of carbonyl (C=O) groups is 9. The number of benzene rings is 2. The predicted octanol–water partition coefficient (Wildman–Crippen LogP) is 3.36. The monoisotopic (exact) mass is 1730 g/mol. The number of aliphatic hydroxyl groups is 1. The van der Waals surface area contributed by atoms with Crippen molar-refractivity contribution >= 4 is 110 Å². The van der Waals surface area contributed by atoms with Gasteiger partial charge in [-0.2, -0.15) is 13.6 Å². The molecule has 640 valence electrons. The molecular weight excluding hydrogens is 1630 g/mol. The van der Waals surface area contributed by atoms with Crippen LogP contribution < -0.4 is 38.0 Å². The van der Waals surface area contributed by atoms with Gasteiger partial charge in [0.15, 0.2) is 0 Å². The Balaban J connectivity index is 0.857. The maximum absolute atomic E-state index is 14.3. The lowest BCUT2D eigenvalue weighted by Gasteiger charge is -2.38. The van der Waals surface area contributed by atoms with Crippen molar-refractivity contribution < 1.29 is 134 Å². The van der Waals surface area contributed by atoms with Gasteiger partial charge in [0.05, 0.1) is 96.2 Å². The molecule has 6 rings (SSSR count). The van der Waals surface area contributed by atoms with Crippen LogP contribution in [0.5, 0.6) is 0 Å². The molecule has 0 spiro atoms. The molecule has 1 fully saturated rings. The molecule has 3 aromatic rings. The van der Waals surface area contributed by atoms with Gasteiger partial charge in [0, 0.05) is 87.5 Å². The second-order valence-electron chi connectivity index (χ2n) is 26.7. The van der Waals surface area contributed by atoms with Gasteiger partial charge >= 0.3 is 47.1 Å². The molecule has 1 aromatic heterocycles. The highest BCUT2D eigenvalue weighted by atomic mass is 33.1. The third-order valence-corrected chi connectivity index (χ3v) is 24.1. The minimum absolute atomic E-state index is 0.00828. The number of phosphoric ester groups is 1. The quantitative estimate of drug-likeness (QED) is 0.0167. The number of nitrogens with zero attached hydrogens (tertiary/aromatic N) is 4. The molecule has 6 amide bonds. The lowest BCUT2D eigenvalue weighted by molar-refractivity contribution is -0.148. The zero-order valence-electron chi connectivity index (χ0n) is 64.6. The van der Waals surface area contributed by atoms with Crippen molar-refractivity contribution in [3.05, 3.63) is 115 Å². The number of aryl methyl sites for hydroxylation is 2. The third-order valence-electron chi connectivity index (χ3n) is 17.8. The Kier molecular flexibility index (Phi) is 40.1. The van der Waals surface area contributed by atoms with E-state index < -0.39 is 127 Å². The molecule has 2 heterocycles. The molecule has 116 heavy (non-hydrogen) atoms. The van der Waals surface area contributed by atoms with Gasteiger partial charge in [-0.1, -0.05) is 88.8 Å². The highest BCUT2D eigenvalue weighted by molar-refractivity contribution is 8.76. The van der Waals surface area contributed by atoms with Gasteiger partial charge in [-0.15, -0.1) is 0 Å². The van der Waals surface area contributed by atoms with Gasteiger partial charge in [-0.05, 0) is 98.4 Å². The van der Waals surface area contributed by atoms with E-state index in [0.29, 0.717) is 30.8 Å². The highest BCUT2D eigenvalue weighted by Gasteiger charge is 2.44. The Hall–Kier alpha value is -8.07. The normalized spacial score (nSPS) is 18.5. The first-order valence-electron chi connectivity index (χ1n) is 37.0. The van der Waals surface area contributed by atoms with Gasteiger partial charge in [0.2, 0.25) is 29.5 Å². The van der Waals surface area contributed by atoms with E-state index in [1.807, 2.05) is 30.4 Å². The first kappa shape index (κ1) is 96.8. The molecule has 1 saturated heterocycles. The van der Waals surface area contributed by atoms with E-state index in [-0.39, 0.29) is 145 Å². The topological polar surface area (TPSA) is 577 Å². The first-order valence-corrected chi connectivity index (χ1v) is 44.0. The molecule has 2 aliphatic carbocycles. The summed E-state index contributed by atoms with van der Waals surface area (Å²) in [7, 11) is -12.8. The average Bonchev–Trinajstić information content (AvgIpc) is 0.834. The minimum atomic E-state index is -5.84. The summed E-state index contributed by atoms with van der Waals surface area (Å²) in [5.74, 6) is -3.12. The smallest absolute Gasteiger partial charge is 0.481 e. The van der Waals surface area contributed by atoms with Crippen LogP contribution >= 0.6 is 45.1 Å². The average molecular weight is 1730 g/mol. The molecule has 10 atom stereocenters. The third kappa shape index (κ3) is 33.0. The van der Waals surface area contributed by atoms with E-state index in [0.717, 1.165) is 46.9 Å². The van der Waals surface area contributed by atoms with Crippen LogP contribution in [0.3, 0.4) is 0 Å². The number of carboxylic acids is 3. The number of fused-ring (bicyclic) bond motifs is 2. The van der Waals surface area contributed by atoms with Crippen LogP contribution in [0.2, 0.25) is 0 Å². The maximum atomic E-state index is 14.3. The molecule has 0 saturated carbocycles. The van der Waals surface area contributed by atoms with Gasteiger partial charge < -0.3 is 101 Å². The molecule has 1 aliphatic heterocycles. The molecule has 0 radical (unpaired) electrons. The minimum Gasteiger partial charge on any atom is -0.481 e. The molecular formula is C72H101N10O29P3S2. The number of nitrogens with two attached hydrogens (primary N) is 1. The molecule has 3 aliphatic rings. The van der Waals surface area contributed by atoms with Gasteiger partial charge in [-0.25, -0.2) is 23.3 Å². The zero-order chi connectivity index (χ0) is 85.3. The lowest BCUT2D eigenvalue weighted by atomic mass is 9.65. The number of hydrogen-bond donors (Lipinski definition) is 14. The molecule has 0 bridgehead atoms. The number of amides is 6. The van der Waals surface area contributed by atoms with E-state index >= 15 is 0 Å². The number of aliphatic carboxylic acids is 3. The largest absolute Gasteiger partial charge is 0.490 e. The Morgan fingerprint density at radius 3 is 2.07 bits per heavy atom. The van der Waals surface area contributed by atoms with Crippen LogP contribution in [0.25, 0.3) is 0 Å². The number of phosphoric acid groups is 3. The fourth-order valence-electron chi connectivity index (χ4n) is 12.4. The van der Waals surface area contributed by atoms with E-state index in [1.165, 1.54) is 49.4 Å². The van der Waals surface area contributed by atoms with Crippen molar-refractivity contribution in [1.82, 2.24) is 41.0 Å². The Bertz CT molecular complexity index is 4320. The lowest BCUT2D eigenvalue weighted by Crippen LogP contribution is -2.56. The van der Waals surface area contributed by atoms with Crippen molar-refractivity contribution in [2.24, 2.45) is 10.9 Å². The van der Waals surface area contributed by atoms with Crippen LogP contribution in [0, 0.1) is 24.7 Å². The number of aliphatic imine (C=N–C) groups is 1. The number of anilines is 1. The SMILES string of the molecule is CCCc1cc2c(cc1C)C(c1ccccc1C(=O)N(C)CCCC(=O)NCCOCCOCCOCCOCCC(=O)NC(CCCSSCCC(=O)NCC#Cc1cn([C@H]3C[C@@H](O)[C@@H](COP(=O)(O)OP(=O)(O)OP(=O)(O)O)O3)c(=O)nc1N)C(=O)NC(CC(=O)O)C(=O)NC(CC(=O)O)C(=O)O)C1C=C(C)/C(=N/CC)C=C1C2. The number of aliphatic hydroxyl groups excluding tert-OH is 1. The van der Waals surface area contributed by atoms with Crippen LogP contribution in [-0.2, 0) is 102 Å². The number of hydrogen-bond acceptors (Lipinski definition) is 27. The summed E-state index contributed by atoms with van der Waals surface area (Å²) in [5.41, 5.74) is 15.1. The van der Waals surface area contributed by atoms with Crippen molar-refractivity contribution in [1.29, 1.82) is 0 Å². The van der Waals surface area contributed by atoms with Crippen molar-refractivity contribution in [3.63, 3.8) is 0 Å². The van der Waals surface area contributed by atoms with Crippen LogP contribution in [0.1, 0.15) is 141 Å². The Morgan fingerprint density at radius 1 is 0.767 bits per heavy atom. The van der Waals surface area contributed by atoms with Crippen molar-refractivity contribution in [2.45, 2.75) is 147 Å². The van der Waals surface area contributed by atoms with Crippen LogP contribution in [0.4, 0.5) is 5.82 Å². The number of aromatic nitrogens is 2. The molecule has 2 aromatic carbocycles. The summed E-state index contributed by atoms with van der Waals surface area (Å²) in [6.45, 7) is 9.83. The summed E-state index contributed by atoms with van der Waals surface area (Å²) in [5, 5.41) is 50.8. The Labute approximate surface area is 676 Å². The second kappa shape index (κ2) is 48.1. The molecule has 39 nitrogen and oxygen atoms in total. The predicted molar refractivity (Wildman–Crippen MR) is 421 cm³/mol. The summed E-state index contributed by atoms with van der Waals surface area (Å²) in [4.78, 5) is 174. The van der Waals surface area contributed by atoms with E-state index in [1.54, 1.807) is 11.9 Å². The van der Waals surface area contributed by atoms with Crippen molar-refractivity contribution in [2.75, 3.05) is 110 Å². The summed E-state index contributed by atoms with van der Waals surface area (Å²) >= 11 is 0. The summed E-state index contributed by atoms with van der Waals surface area (Å²) in [6, 6.07) is 7.30. The molecule has 44 heteroatoms. The number of rotatable bonds is 51. The van der Waals surface area contributed by atoms with E-state index in [2.05, 4.69) is 102 Å². The maximum Gasteiger partial charge on any atom is 0.490 e. The summed E-state index contributed by atoms with van der Waals surface area (Å²) < 4.78 is 75.2. The number of allylic oxidation sites excluding steroid dienone is 4. The zero-order valence-corrected chi connectivity index (χ0v) is 68.9. The fraction of sp³-hybridized carbons (Fsp3) is 0.556. The fourth-order valence-corrected chi connectivity index (χ4v) is 17.5. The van der Waals surface area contributed by atoms with Gasteiger partial charge in [0.25, 0.3) is 5.91 Å². The summed E-state index contributed by atoms with van der Waals surface area (Å²) in [6.07, 6.45) is 2.36. The number of ether oxygens (including phenoxy) is 5. The first-order chi connectivity index (χ1) is 55.0.